The molecule has 0 aliphatic rings. The molecule has 0 atom stereocenters. The van der Waals surface area contributed by atoms with Crippen LogP contribution >= 0.6 is 11.6 Å². The van der Waals surface area contributed by atoms with Crippen molar-refractivity contribution in [1.29, 1.82) is 0 Å². The average Bonchev–Trinajstić information content (AvgIpc) is 2.38. The van der Waals surface area contributed by atoms with Crippen LogP contribution in [0.2, 0.25) is 5.15 Å². The van der Waals surface area contributed by atoms with Gasteiger partial charge in [-0.2, -0.15) is 0 Å². The molecule has 0 fully saturated rings. The molecule has 0 saturated heterocycles. The fraction of sp³-hybridized carbons (Fsp3) is 0.364. The van der Waals surface area contributed by atoms with Gasteiger partial charge in [-0.05, 0) is 19.1 Å². The van der Waals surface area contributed by atoms with Gasteiger partial charge in [0, 0.05) is 25.1 Å². The van der Waals surface area contributed by atoms with Gasteiger partial charge in [-0.3, -0.25) is 9.59 Å². The van der Waals surface area contributed by atoms with E-state index in [1.165, 1.54) is 12.1 Å². The lowest BCUT2D eigenvalue weighted by molar-refractivity contribution is -0.120. The summed E-state index contributed by atoms with van der Waals surface area (Å²) < 4.78 is 0. The third kappa shape index (κ3) is 5.11. The van der Waals surface area contributed by atoms with E-state index in [1.807, 2.05) is 6.92 Å². The van der Waals surface area contributed by atoms with E-state index in [9.17, 15) is 9.59 Å². The van der Waals surface area contributed by atoms with E-state index in [4.69, 9.17) is 17.4 Å². The highest BCUT2D eigenvalue weighted by Crippen LogP contribution is 2.13. The zero-order valence-corrected chi connectivity index (χ0v) is 11.3. The van der Waals surface area contributed by atoms with Gasteiger partial charge in [0.2, 0.25) is 5.91 Å². The number of nitrogen functional groups attached to an aromatic ring is 1. The molecule has 1 heterocycles. The molecule has 0 bridgehead atoms. The van der Waals surface area contributed by atoms with Crippen LogP contribution in [0.1, 0.15) is 23.7 Å². The van der Waals surface area contributed by atoms with Gasteiger partial charge in [-0.15, -0.1) is 0 Å². The first-order chi connectivity index (χ1) is 9.06. The SMILES string of the molecule is CCNC(=O)CCNC(=O)c1cc(Cl)nc(NN)c1. The number of rotatable bonds is 6. The van der Waals surface area contributed by atoms with Crippen molar-refractivity contribution in [3.8, 4) is 0 Å². The molecule has 0 aromatic carbocycles. The van der Waals surface area contributed by atoms with Gasteiger partial charge in [0.15, 0.2) is 0 Å². The summed E-state index contributed by atoms with van der Waals surface area (Å²) in [5, 5.41) is 5.41. The largest absolute Gasteiger partial charge is 0.356 e. The topological polar surface area (TPSA) is 109 Å². The van der Waals surface area contributed by atoms with Crippen LogP contribution < -0.4 is 21.9 Å². The van der Waals surface area contributed by atoms with Crippen molar-refractivity contribution in [3.05, 3.63) is 22.8 Å². The molecule has 0 aliphatic heterocycles. The molecule has 5 N–H and O–H groups in total. The van der Waals surface area contributed by atoms with Gasteiger partial charge in [-0.25, -0.2) is 10.8 Å². The van der Waals surface area contributed by atoms with Gasteiger partial charge in [0.25, 0.3) is 5.91 Å². The fourth-order valence-electron chi connectivity index (χ4n) is 1.38. The fourth-order valence-corrected chi connectivity index (χ4v) is 1.59. The molecule has 8 heteroatoms. The maximum Gasteiger partial charge on any atom is 0.251 e. The van der Waals surface area contributed by atoms with Gasteiger partial charge in [0.05, 0.1) is 0 Å². The van der Waals surface area contributed by atoms with Gasteiger partial charge in [0.1, 0.15) is 11.0 Å². The average molecular weight is 286 g/mol. The van der Waals surface area contributed by atoms with Crippen molar-refractivity contribution in [1.82, 2.24) is 15.6 Å². The van der Waals surface area contributed by atoms with Crippen molar-refractivity contribution in [2.75, 3.05) is 18.5 Å². The van der Waals surface area contributed by atoms with E-state index in [2.05, 4.69) is 21.0 Å². The molecule has 1 rings (SSSR count). The lowest BCUT2D eigenvalue weighted by Gasteiger charge is -2.07. The van der Waals surface area contributed by atoms with Gasteiger partial charge < -0.3 is 16.1 Å². The van der Waals surface area contributed by atoms with Crippen LogP contribution in [0.15, 0.2) is 12.1 Å². The number of halogens is 1. The van der Waals surface area contributed by atoms with Gasteiger partial charge in [-0.1, -0.05) is 11.6 Å². The number of pyridine rings is 1. The number of hydrogen-bond donors (Lipinski definition) is 4. The maximum absolute atomic E-state index is 11.8. The summed E-state index contributed by atoms with van der Waals surface area (Å²) in [6.45, 7) is 2.64. The van der Waals surface area contributed by atoms with E-state index in [0.29, 0.717) is 17.9 Å². The van der Waals surface area contributed by atoms with Crippen molar-refractivity contribution in [3.63, 3.8) is 0 Å². The highest BCUT2D eigenvalue weighted by Gasteiger charge is 2.09. The quantitative estimate of drug-likeness (QED) is 0.341. The molecule has 0 unspecified atom stereocenters. The molecule has 1 aromatic heterocycles. The smallest absolute Gasteiger partial charge is 0.251 e. The lowest BCUT2D eigenvalue weighted by atomic mass is 10.2. The monoisotopic (exact) mass is 285 g/mol. The minimum atomic E-state index is -0.343. The van der Waals surface area contributed by atoms with Crippen LogP contribution in [0.5, 0.6) is 0 Å². The Morgan fingerprint density at radius 3 is 2.74 bits per heavy atom. The summed E-state index contributed by atoms with van der Waals surface area (Å²) >= 11 is 5.75. The Hall–Kier alpha value is -1.86. The number of nitrogens with zero attached hydrogens (tertiary/aromatic N) is 1. The molecule has 0 radical (unpaired) electrons. The molecular weight excluding hydrogens is 270 g/mol. The Morgan fingerprint density at radius 1 is 1.37 bits per heavy atom. The molecule has 0 spiro atoms. The van der Waals surface area contributed by atoms with E-state index in [0.717, 1.165) is 0 Å². The summed E-state index contributed by atoms with van der Waals surface area (Å²) in [5.74, 6) is 5.04. The molecule has 104 valence electrons. The number of aromatic nitrogens is 1. The van der Waals surface area contributed by atoms with E-state index < -0.39 is 0 Å². The predicted molar refractivity (Wildman–Crippen MR) is 72.7 cm³/mol. The number of carbonyl (C=O) groups is 2. The lowest BCUT2D eigenvalue weighted by Crippen LogP contribution is -2.30. The Kier molecular flexibility index (Phi) is 6.04. The minimum Gasteiger partial charge on any atom is -0.356 e. The molecule has 7 nitrogen and oxygen atoms in total. The van der Waals surface area contributed by atoms with Crippen LogP contribution in [0, 0.1) is 0 Å². The standard InChI is InChI=1S/C11H16ClN5O2/c1-2-14-10(18)3-4-15-11(19)7-5-8(12)16-9(6-7)17-13/h5-6H,2-4,13H2,1H3,(H,14,18)(H,15,19)(H,16,17). The molecular formula is C11H16ClN5O2. The normalized spacial score (nSPS) is 9.84. The number of nitrogens with two attached hydrogens (primary N) is 1. The van der Waals surface area contributed by atoms with E-state index >= 15 is 0 Å². The molecule has 1 aromatic rings. The van der Waals surface area contributed by atoms with Crippen molar-refractivity contribution in [2.24, 2.45) is 5.84 Å². The molecule has 2 amide bonds. The summed E-state index contributed by atoms with van der Waals surface area (Å²) in [5.41, 5.74) is 2.64. The zero-order valence-electron chi connectivity index (χ0n) is 10.5. The zero-order chi connectivity index (χ0) is 14.3. The summed E-state index contributed by atoms with van der Waals surface area (Å²) in [4.78, 5) is 26.9. The van der Waals surface area contributed by atoms with Crippen molar-refractivity contribution >= 4 is 29.2 Å². The third-order valence-electron chi connectivity index (χ3n) is 2.22. The first-order valence-electron chi connectivity index (χ1n) is 5.76. The van der Waals surface area contributed by atoms with Crippen LogP contribution in [0.3, 0.4) is 0 Å². The predicted octanol–water partition coefficient (Wildman–Crippen LogP) is 0.277. The number of carbonyl (C=O) groups excluding carboxylic acids is 2. The molecule has 0 saturated carbocycles. The van der Waals surface area contributed by atoms with Crippen LogP contribution in [-0.4, -0.2) is 29.9 Å². The number of hydrazine groups is 1. The summed E-state index contributed by atoms with van der Waals surface area (Å²) in [7, 11) is 0. The summed E-state index contributed by atoms with van der Waals surface area (Å²) in [6.07, 6.45) is 0.223. The second-order valence-electron chi connectivity index (χ2n) is 3.67. The Balaban J connectivity index is 2.54. The van der Waals surface area contributed by atoms with Gasteiger partial charge >= 0.3 is 0 Å². The van der Waals surface area contributed by atoms with Crippen molar-refractivity contribution < 1.29 is 9.59 Å². The molecule has 0 aliphatic carbocycles. The number of anilines is 1. The molecule has 19 heavy (non-hydrogen) atoms. The first-order valence-corrected chi connectivity index (χ1v) is 6.13. The number of amides is 2. The Labute approximate surface area is 115 Å². The minimum absolute atomic E-state index is 0.111. The van der Waals surface area contributed by atoms with E-state index in [1.54, 1.807) is 0 Å². The third-order valence-corrected chi connectivity index (χ3v) is 2.41. The first kappa shape index (κ1) is 15.2. The van der Waals surface area contributed by atoms with Crippen LogP contribution in [0.4, 0.5) is 5.82 Å². The highest BCUT2D eigenvalue weighted by atomic mass is 35.5. The van der Waals surface area contributed by atoms with Crippen LogP contribution in [0.25, 0.3) is 0 Å². The van der Waals surface area contributed by atoms with E-state index in [-0.39, 0.29) is 29.9 Å². The second-order valence-corrected chi connectivity index (χ2v) is 4.05. The Bertz CT molecular complexity index is 466. The van der Waals surface area contributed by atoms with Crippen molar-refractivity contribution in [2.45, 2.75) is 13.3 Å². The Morgan fingerprint density at radius 2 is 2.11 bits per heavy atom. The van der Waals surface area contributed by atoms with Crippen LogP contribution in [-0.2, 0) is 4.79 Å². The summed E-state index contributed by atoms with van der Waals surface area (Å²) in [6, 6.07) is 2.89. The number of hydrogen-bond acceptors (Lipinski definition) is 5. The number of nitrogens with one attached hydrogen (secondary N) is 3. The maximum atomic E-state index is 11.8. The highest BCUT2D eigenvalue weighted by molar-refractivity contribution is 6.29. The second kappa shape index (κ2) is 7.55.